The van der Waals surface area contributed by atoms with Gasteiger partial charge in [-0.1, -0.05) is 12.8 Å². The van der Waals surface area contributed by atoms with Crippen LogP contribution in [0.5, 0.6) is 0 Å². The van der Waals surface area contributed by atoms with Gasteiger partial charge in [0.25, 0.3) is 0 Å². The number of aliphatic hydroxyl groups excluding tert-OH is 1. The molecule has 1 saturated carbocycles. The zero-order valence-electron chi connectivity index (χ0n) is 17.2. The molecule has 1 aliphatic rings. The third-order valence-corrected chi connectivity index (χ3v) is 5.56. The lowest BCUT2D eigenvalue weighted by atomic mass is 9.85. The minimum Gasteiger partial charge on any atom is -0.619 e. The average Bonchev–Trinajstić information content (AvgIpc) is 3.12. The third kappa shape index (κ3) is 4.09. The van der Waals surface area contributed by atoms with Crippen LogP contribution in [0.3, 0.4) is 0 Å². The molecule has 160 valence electrons. The van der Waals surface area contributed by atoms with Gasteiger partial charge < -0.3 is 31.2 Å². The second kappa shape index (κ2) is 8.31. The Morgan fingerprint density at radius 3 is 2.83 bits per heavy atom. The molecule has 0 saturated heterocycles. The van der Waals surface area contributed by atoms with Crippen molar-refractivity contribution in [2.75, 3.05) is 23.0 Å². The predicted octanol–water partition coefficient (Wildman–Crippen LogP) is 2.33. The monoisotopic (exact) mass is 412 g/mol. The summed E-state index contributed by atoms with van der Waals surface area (Å²) in [5.74, 6) is 1.14. The van der Waals surface area contributed by atoms with Crippen LogP contribution < -0.4 is 21.1 Å². The molecule has 10 nitrogen and oxygen atoms in total. The highest BCUT2D eigenvalue weighted by Gasteiger charge is 2.26. The van der Waals surface area contributed by atoms with Gasteiger partial charge in [0.2, 0.25) is 18.3 Å². The third-order valence-electron chi connectivity index (χ3n) is 5.56. The number of nitrogens with two attached hydrogens (primary N) is 1. The van der Waals surface area contributed by atoms with Crippen LogP contribution >= 0.6 is 0 Å². The zero-order valence-corrected chi connectivity index (χ0v) is 17.2. The molecular weight excluding hydrogens is 384 g/mol. The van der Waals surface area contributed by atoms with Crippen molar-refractivity contribution in [2.45, 2.75) is 51.6 Å². The number of nitrogen functional groups attached to an aromatic ring is 1. The number of nitrogens with zero attached hydrogens (tertiary/aromatic N) is 5. The summed E-state index contributed by atoms with van der Waals surface area (Å²) in [5, 5.41) is 28.1. The van der Waals surface area contributed by atoms with Gasteiger partial charge in [-0.15, -0.1) is 0 Å². The standard InChI is InChI=1S/C20H28N8O2/c1-12(2)28-11-22-17-18(23-15-7-14(21)8-27(30)9-15)25-20(26-19(17)28)24-16-6-4-3-5-13(16)10-29/h7-9,11-13,16,29H,3-6,10,21H2,1-2H3,(H2,23,24,25,26)/t13-,16+/m0/s1. The molecule has 5 N–H and O–H groups in total. The molecule has 3 aromatic rings. The molecule has 0 spiro atoms. The van der Waals surface area contributed by atoms with Gasteiger partial charge in [-0.25, -0.2) is 4.98 Å². The van der Waals surface area contributed by atoms with Crippen molar-refractivity contribution in [1.82, 2.24) is 19.5 Å². The molecule has 0 amide bonds. The highest BCUT2D eigenvalue weighted by atomic mass is 16.5. The van der Waals surface area contributed by atoms with Gasteiger partial charge in [-0.2, -0.15) is 14.7 Å². The van der Waals surface area contributed by atoms with Crippen molar-refractivity contribution in [3.63, 3.8) is 0 Å². The summed E-state index contributed by atoms with van der Waals surface area (Å²) < 4.78 is 2.63. The van der Waals surface area contributed by atoms with Crippen molar-refractivity contribution in [2.24, 2.45) is 5.92 Å². The molecule has 3 heterocycles. The second-order valence-corrected chi connectivity index (χ2v) is 8.13. The first-order valence-electron chi connectivity index (χ1n) is 10.3. The summed E-state index contributed by atoms with van der Waals surface area (Å²) >= 11 is 0. The summed E-state index contributed by atoms with van der Waals surface area (Å²) in [7, 11) is 0. The maximum atomic E-state index is 11.8. The molecule has 0 radical (unpaired) electrons. The summed E-state index contributed by atoms with van der Waals surface area (Å²) in [6, 6.07) is 1.94. The Morgan fingerprint density at radius 2 is 2.10 bits per heavy atom. The Labute approximate surface area is 174 Å². The Bertz CT molecular complexity index is 1010. The molecule has 0 unspecified atom stereocenters. The normalized spacial score (nSPS) is 19.3. The molecule has 1 fully saturated rings. The van der Waals surface area contributed by atoms with E-state index < -0.39 is 0 Å². The number of aliphatic hydroxyl groups is 1. The fourth-order valence-electron chi connectivity index (χ4n) is 4.01. The van der Waals surface area contributed by atoms with E-state index in [9.17, 15) is 10.3 Å². The zero-order chi connectivity index (χ0) is 21.3. The quantitative estimate of drug-likeness (QED) is 0.357. The number of aromatic nitrogens is 5. The largest absolute Gasteiger partial charge is 0.619 e. The SMILES string of the molecule is CC(C)n1cnc2c(Nc3cc(N)c[n+]([O-])c3)nc(N[C@@H]3CCCC[C@H]3CO)nc21. The van der Waals surface area contributed by atoms with E-state index in [4.69, 9.17) is 10.7 Å². The van der Waals surface area contributed by atoms with E-state index >= 15 is 0 Å². The molecule has 0 bridgehead atoms. The molecule has 0 aromatic carbocycles. The number of anilines is 4. The van der Waals surface area contributed by atoms with Gasteiger partial charge in [0.1, 0.15) is 5.69 Å². The summed E-state index contributed by atoms with van der Waals surface area (Å²) in [5.41, 5.74) is 7.97. The molecule has 0 aliphatic heterocycles. The van der Waals surface area contributed by atoms with Crippen LogP contribution in [0.2, 0.25) is 0 Å². The van der Waals surface area contributed by atoms with Crippen molar-refractivity contribution < 1.29 is 9.84 Å². The first kappa shape index (κ1) is 20.1. The van der Waals surface area contributed by atoms with Crippen LogP contribution in [0.15, 0.2) is 24.8 Å². The summed E-state index contributed by atoms with van der Waals surface area (Å²) in [4.78, 5) is 13.9. The summed E-state index contributed by atoms with van der Waals surface area (Å²) in [6.07, 6.45) is 8.60. The molecule has 4 rings (SSSR count). The van der Waals surface area contributed by atoms with E-state index in [-0.39, 0.29) is 24.6 Å². The number of hydrogen-bond donors (Lipinski definition) is 4. The number of pyridine rings is 1. The van der Waals surface area contributed by atoms with E-state index in [2.05, 4.69) is 34.4 Å². The van der Waals surface area contributed by atoms with Gasteiger partial charge in [-0.3, -0.25) is 0 Å². The highest BCUT2D eigenvalue weighted by Crippen LogP contribution is 2.29. The Morgan fingerprint density at radius 1 is 1.30 bits per heavy atom. The topological polar surface area (TPSA) is 141 Å². The van der Waals surface area contributed by atoms with Gasteiger partial charge >= 0.3 is 0 Å². The first-order chi connectivity index (χ1) is 14.4. The molecule has 3 aromatic heterocycles. The first-order valence-corrected chi connectivity index (χ1v) is 10.3. The number of imidazole rings is 1. The molecule has 10 heteroatoms. The van der Waals surface area contributed by atoms with Crippen LogP contribution in [0.4, 0.5) is 23.1 Å². The number of rotatable bonds is 6. The van der Waals surface area contributed by atoms with E-state index in [1.54, 1.807) is 12.4 Å². The second-order valence-electron chi connectivity index (χ2n) is 8.13. The lowest BCUT2D eigenvalue weighted by Crippen LogP contribution is -2.35. The fourth-order valence-corrected chi connectivity index (χ4v) is 4.01. The Hall–Kier alpha value is -3.14. The van der Waals surface area contributed by atoms with Gasteiger partial charge in [0, 0.05) is 24.6 Å². The number of fused-ring (bicyclic) bond motifs is 1. The smallest absolute Gasteiger partial charge is 0.227 e. The highest BCUT2D eigenvalue weighted by molar-refractivity contribution is 5.86. The van der Waals surface area contributed by atoms with E-state index in [1.807, 2.05) is 4.57 Å². The predicted molar refractivity (Wildman–Crippen MR) is 115 cm³/mol. The van der Waals surface area contributed by atoms with Crippen molar-refractivity contribution in [3.05, 3.63) is 30.0 Å². The Balaban J connectivity index is 1.74. The minimum absolute atomic E-state index is 0.112. The van der Waals surface area contributed by atoms with Crippen LogP contribution in [0.25, 0.3) is 11.2 Å². The van der Waals surface area contributed by atoms with E-state index in [0.29, 0.717) is 39.0 Å². The molecule has 2 atom stereocenters. The van der Waals surface area contributed by atoms with E-state index in [1.165, 1.54) is 12.4 Å². The van der Waals surface area contributed by atoms with Gasteiger partial charge in [0.05, 0.1) is 12.0 Å². The van der Waals surface area contributed by atoms with Crippen LogP contribution in [-0.2, 0) is 0 Å². The van der Waals surface area contributed by atoms with E-state index in [0.717, 1.165) is 25.7 Å². The number of nitrogens with one attached hydrogen (secondary N) is 2. The van der Waals surface area contributed by atoms with Crippen LogP contribution in [0, 0.1) is 11.1 Å². The average molecular weight is 412 g/mol. The summed E-state index contributed by atoms with van der Waals surface area (Å²) in [6.45, 7) is 4.26. The van der Waals surface area contributed by atoms with Crippen LogP contribution in [-0.4, -0.2) is 37.3 Å². The number of hydrogen-bond acceptors (Lipinski definition) is 8. The molecule has 1 aliphatic carbocycles. The molecular formula is C20H28N8O2. The van der Waals surface area contributed by atoms with Crippen molar-refractivity contribution >= 4 is 34.3 Å². The van der Waals surface area contributed by atoms with Crippen molar-refractivity contribution in [1.29, 1.82) is 0 Å². The lowest BCUT2D eigenvalue weighted by molar-refractivity contribution is -0.603. The Kier molecular flexibility index (Phi) is 5.58. The molecule has 30 heavy (non-hydrogen) atoms. The fraction of sp³-hybridized carbons (Fsp3) is 0.500. The van der Waals surface area contributed by atoms with Crippen LogP contribution in [0.1, 0.15) is 45.6 Å². The maximum absolute atomic E-state index is 11.8. The van der Waals surface area contributed by atoms with Gasteiger partial charge in [0.15, 0.2) is 17.0 Å². The minimum atomic E-state index is 0.112. The maximum Gasteiger partial charge on any atom is 0.227 e. The lowest BCUT2D eigenvalue weighted by Gasteiger charge is -2.30. The van der Waals surface area contributed by atoms with Gasteiger partial charge in [-0.05, 0) is 32.8 Å². The van der Waals surface area contributed by atoms with Crippen molar-refractivity contribution in [3.8, 4) is 0 Å².